The average Bonchev–Trinajstić information content (AvgIpc) is 2.73. The quantitative estimate of drug-likeness (QED) is 0.869. The lowest BCUT2D eigenvalue weighted by atomic mass is 9.95. The largest absolute Gasteiger partial charge is 0.354 e. The molecule has 2 aromatic rings. The molecule has 4 rings (SSSR count). The second kappa shape index (κ2) is 8.39. The summed E-state index contributed by atoms with van der Waals surface area (Å²) in [5, 5.41) is 3.09. The van der Waals surface area contributed by atoms with E-state index in [9.17, 15) is 4.79 Å². The second-order valence-corrected chi connectivity index (χ2v) is 8.06. The summed E-state index contributed by atoms with van der Waals surface area (Å²) in [7, 11) is 0. The molecule has 0 fully saturated rings. The number of benzene rings is 1. The molecule has 2 heterocycles. The number of carbonyl (C=O) groups is 1. The summed E-state index contributed by atoms with van der Waals surface area (Å²) >= 11 is 0. The van der Waals surface area contributed by atoms with E-state index < -0.39 is 0 Å². The lowest BCUT2D eigenvalue weighted by Gasteiger charge is -2.32. The van der Waals surface area contributed by atoms with E-state index in [-0.39, 0.29) is 11.9 Å². The minimum atomic E-state index is -0.125. The van der Waals surface area contributed by atoms with Crippen LogP contribution in [0, 0.1) is 6.92 Å². The number of amides is 1. The Hall–Kier alpha value is -2.27. The van der Waals surface area contributed by atoms with Crippen LogP contribution in [0.15, 0.2) is 24.3 Å². The van der Waals surface area contributed by atoms with E-state index in [1.807, 2.05) is 6.92 Å². The molecular formula is C23H30N4O. The van der Waals surface area contributed by atoms with Gasteiger partial charge < -0.3 is 5.32 Å². The van der Waals surface area contributed by atoms with Crippen LogP contribution in [0.2, 0.25) is 0 Å². The molecule has 5 heteroatoms. The normalized spacial score (nSPS) is 17.5. The third kappa shape index (κ3) is 4.09. The first-order valence-corrected chi connectivity index (χ1v) is 10.6. The number of fused-ring (bicyclic) bond motifs is 2. The van der Waals surface area contributed by atoms with Crippen LogP contribution in [0.3, 0.4) is 0 Å². The monoisotopic (exact) mass is 378 g/mol. The number of aromatic nitrogens is 2. The van der Waals surface area contributed by atoms with E-state index in [2.05, 4.69) is 46.4 Å². The second-order valence-electron chi connectivity index (χ2n) is 8.06. The molecule has 1 aliphatic carbocycles. The lowest BCUT2D eigenvalue weighted by molar-refractivity contribution is -0.126. The van der Waals surface area contributed by atoms with Crippen LogP contribution in [-0.2, 0) is 37.0 Å². The molecule has 0 radical (unpaired) electrons. The molecule has 0 saturated carbocycles. The third-order valence-electron chi connectivity index (χ3n) is 6.17. The molecule has 2 aliphatic rings. The Morgan fingerprint density at radius 3 is 2.79 bits per heavy atom. The number of nitrogens with one attached hydrogen (secondary N) is 1. The van der Waals surface area contributed by atoms with Gasteiger partial charge in [0.2, 0.25) is 5.91 Å². The van der Waals surface area contributed by atoms with Gasteiger partial charge in [-0.25, -0.2) is 9.97 Å². The highest BCUT2D eigenvalue weighted by Gasteiger charge is 2.25. The Kier molecular flexibility index (Phi) is 5.72. The number of aryl methyl sites for hydroxylation is 2. The highest BCUT2D eigenvalue weighted by atomic mass is 16.2. The first-order valence-electron chi connectivity index (χ1n) is 10.6. The highest BCUT2D eigenvalue weighted by Crippen LogP contribution is 2.22. The van der Waals surface area contributed by atoms with Gasteiger partial charge >= 0.3 is 0 Å². The minimum absolute atomic E-state index is 0.0917. The zero-order valence-electron chi connectivity index (χ0n) is 17.0. The Bertz CT molecular complexity index is 864. The van der Waals surface area contributed by atoms with E-state index in [0.29, 0.717) is 13.0 Å². The molecule has 1 amide bonds. The zero-order valence-corrected chi connectivity index (χ0v) is 17.0. The van der Waals surface area contributed by atoms with Crippen molar-refractivity contribution in [3.8, 4) is 0 Å². The van der Waals surface area contributed by atoms with Crippen LogP contribution in [0.4, 0.5) is 0 Å². The van der Waals surface area contributed by atoms with Crippen LogP contribution in [0.5, 0.6) is 0 Å². The van der Waals surface area contributed by atoms with Crippen molar-refractivity contribution < 1.29 is 4.79 Å². The number of hydrogen-bond donors (Lipinski definition) is 1. The van der Waals surface area contributed by atoms with E-state index >= 15 is 0 Å². The molecule has 1 aromatic carbocycles. The summed E-state index contributed by atoms with van der Waals surface area (Å²) in [4.78, 5) is 24.3. The Labute approximate surface area is 167 Å². The number of hydrogen-bond acceptors (Lipinski definition) is 4. The van der Waals surface area contributed by atoms with Crippen molar-refractivity contribution in [2.24, 2.45) is 0 Å². The fraction of sp³-hybridized carbons (Fsp3) is 0.522. The van der Waals surface area contributed by atoms with Crippen molar-refractivity contribution in [2.75, 3.05) is 13.1 Å². The maximum Gasteiger partial charge on any atom is 0.237 e. The lowest BCUT2D eigenvalue weighted by Crippen LogP contribution is -2.47. The van der Waals surface area contributed by atoms with Crippen molar-refractivity contribution in [3.05, 3.63) is 58.2 Å². The van der Waals surface area contributed by atoms with Gasteiger partial charge in [0.1, 0.15) is 5.82 Å². The van der Waals surface area contributed by atoms with Crippen LogP contribution >= 0.6 is 0 Å². The van der Waals surface area contributed by atoms with Crippen LogP contribution < -0.4 is 5.32 Å². The van der Waals surface area contributed by atoms with Crippen molar-refractivity contribution in [1.82, 2.24) is 20.2 Å². The Morgan fingerprint density at radius 1 is 1.14 bits per heavy atom. The molecule has 0 spiro atoms. The molecule has 0 bridgehead atoms. The summed E-state index contributed by atoms with van der Waals surface area (Å²) < 4.78 is 0. The van der Waals surface area contributed by atoms with Crippen LogP contribution in [-0.4, -0.2) is 39.9 Å². The molecule has 0 saturated heterocycles. The summed E-state index contributed by atoms with van der Waals surface area (Å²) in [5.41, 5.74) is 6.43. The molecule has 1 aliphatic heterocycles. The fourth-order valence-corrected chi connectivity index (χ4v) is 4.42. The fourth-order valence-electron chi connectivity index (χ4n) is 4.42. The molecule has 148 valence electrons. The van der Waals surface area contributed by atoms with Gasteiger partial charge in [0.25, 0.3) is 0 Å². The van der Waals surface area contributed by atoms with E-state index in [0.717, 1.165) is 43.9 Å². The SMILES string of the molecule is Cc1nc(CCNC(=O)[C@H](C)N2CCc3ccccc3C2)nc2c1CCCC2. The number of carbonyl (C=O) groups excluding carboxylic acids is 1. The van der Waals surface area contributed by atoms with Gasteiger partial charge in [0.15, 0.2) is 0 Å². The predicted octanol–water partition coefficient (Wildman–Crippen LogP) is 2.77. The molecular weight excluding hydrogens is 348 g/mol. The molecule has 28 heavy (non-hydrogen) atoms. The Balaban J connectivity index is 1.31. The smallest absolute Gasteiger partial charge is 0.237 e. The Morgan fingerprint density at radius 2 is 1.93 bits per heavy atom. The predicted molar refractivity (Wildman–Crippen MR) is 110 cm³/mol. The van der Waals surface area contributed by atoms with Gasteiger partial charge in [0, 0.05) is 37.4 Å². The van der Waals surface area contributed by atoms with Crippen molar-refractivity contribution in [3.63, 3.8) is 0 Å². The zero-order chi connectivity index (χ0) is 19.5. The van der Waals surface area contributed by atoms with Crippen molar-refractivity contribution >= 4 is 5.91 Å². The number of nitrogens with zero attached hydrogens (tertiary/aromatic N) is 3. The molecule has 1 atom stereocenters. The minimum Gasteiger partial charge on any atom is -0.354 e. The molecule has 5 nitrogen and oxygen atoms in total. The van der Waals surface area contributed by atoms with Crippen molar-refractivity contribution in [2.45, 2.75) is 65.0 Å². The van der Waals surface area contributed by atoms with E-state index in [1.54, 1.807) is 0 Å². The summed E-state index contributed by atoms with van der Waals surface area (Å²) in [6.45, 7) is 6.45. The van der Waals surface area contributed by atoms with Crippen LogP contribution in [0.25, 0.3) is 0 Å². The summed E-state index contributed by atoms with van der Waals surface area (Å²) in [6, 6.07) is 8.40. The van der Waals surface area contributed by atoms with E-state index in [1.165, 1.54) is 35.2 Å². The van der Waals surface area contributed by atoms with E-state index in [4.69, 9.17) is 4.98 Å². The van der Waals surface area contributed by atoms with Gasteiger partial charge in [-0.1, -0.05) is 24.3 Å². The molecule has 1 aromatic heterocycles. The number of rotatable bonds is 5. The topological polar surface area (TPSA) is 58.1 Å². The van der Waals surface area contributed by atoms with Gasteiger partial charge in [-0.05, 0) is 62.6 Å². The van der Waals surface area contributed by atoms with Gasteiger partial charge in [0.05, 0.1) is 6.04 Å². The highest BCUT2D eigenvalue weighted by molar-refractivity contribution is 5.81. The maximum absolute atomic E-state index is 12.7. The molecule has 1 N–H and O–H groups in total. The molecule has 0 unspecified atom stereocenters. The third-order valence-corrected chi connectivity index (χ3v) is 6.17. The summed E-state index contributed by atoms with van der Waals surface area (Å²) in [5.74, 6) is 0.951. The van der Waals surface area contributed by atoms with Crippen molar-refractivity contribution in [1.29, 1.82) is 0 Å². The van der Waals surface area contributed by atoms with Gasteiger partial charge in [-0.2, -0.15) is 0 Å². The average molecular weight is 379 g/mol. The van der Waals surface area contributed by atoms with Gasteiger partial charge in [-0.15, -0.1) is 0 Å². The van der Waals surface area contributed by atoms with Crippen LogP contribution in [0.1, 0.15) is 53.7 Å². The van der Waals surface area contributed by atoms with Gasteiger partial charge in [-0.3, -0.25) is 9.69 Å². The maximum atomic E-state index is 12.7. The first kappa shape index (κ1) is 19.1. The summed E-state index contributed by atoms with van der Waals surface area (Å²) in [6.07, 6.45) is 6.33. The standard InChI is InChI=1S/C23H30N4O/c1-16-20-9-5-6-10-21(20)26-22(25-16)11-13-24-23(28)17(2)27-14-12-18-7-3-4-8-19(18)15-27/h3-4,7-8,17H,5-6,9-15H2,1-2H3,(H,24,28)/t17-/m0/s1. The first-order chi connectivity index (χ1) is 13.6.